The van der Waals surface area contributed by atoms with Crippen LogP contribution in [0.3, 0.4) is 0 Å². The second kappa shape index (κ2) is 6.05. The molecule has 0 bridgehead atoms. The van der Waals surface area contributed by atoms with Crippen LogP contribution in [-0.2, 0) is 6.54 Å². The van der Waals surface area contributed by atoms with Gasteiger partial charge in [0.15, 0.2) is 0 Å². The van der Waals surface area contributed by atoms with Crippen molar-refractivity contribution < 1.29 is 23.8 Å². The predicted octanol–water partition coefficient (Wildman–Crippen LogP) is 1.43. The van der Waals surface area contributed by atoms with E-state index in [1.807, 2.05) is 0 Å². The topological polar surface area (TPSA) is 87.7 Å². The van der Waals surface area contributed by atoms with Crippen LogP contribution < -0.4 is 15.4 Å². The van der Waals surface area contributed by atoms with Crippen LogP contribution in [0.4, 0.5) is 9.18 Å². The first-order valence-corrected chi connectivity index (χ1v) is 5.89. The standard InChI is InChI=1S/C13H13FN2O4/c14-4-8(5-16-13(18)19)7-20-10-1-2-11-9(3-10)6-15-12(11)17/h1-4,16H,5-7H2,(H,15,17)(H,18,19). The summed E-state index contributed by atoms with van der Waals surface area (Å²) in [6.45, 7) is 0.228. The third-order valence-corrected chi connectivity index (χ3v) is 2.81. The van der Waals surface area contributed by atoms with Crippen LogP contribution >= 0.6 is 0 Å². The van der Waals surface area contributed by atoms with E-state index in [1.54, 1.807) is 18.2 Å². The molecule has 0 radical (unpaired) electrons. The summed E-state index contributed by atoms with van der Waals surface area (Å²) in [6, 6.07) is 4.96. The maximum absolute atomic E-state index is 12.6. The van der Waals surface area contributed by atoms with E-state index >= 15 is 0 Å². The zero-order chi connectivity index (χ0) is 14.5. The van der Waals surface area contributed by atoms with Crippen LogP contribution in [-0.4, -0.2) is 30.3 Å². The molecule has 7 heteroatoms. The number of amides is 2. The van der Waals surface area contributed by atoms with Crippen molar-refractivity contribution in [2.45, 2.75) is 6.54 Å². The molecule has 0 fully saturated rings. The largest absolute Gasteiger partial charge is 0.489 e. The van der Waals surface area contributed by atoms with Gasteiger partial charge in [0, 0.05) is 24.2 Å². The molecule has 0 spiro atoms. The third-order valence-electron chi connectivity index (χ3n) is 2.81. The lowest BCUT2D eigenvalue weighted by Crippen LogP contribution is -2.25. The molecule has 1 aliphatic heterocycles. The van der Waals surface area contributed by atoms with Gasteiger partial charge in [-0.25, -0.2) is 9.18 Å². The summed E-state index contributed by atoms with van der Waals surface area (Å²) in [5.41, 5.74) is 1.59. The van der Waals surface area contributed by atoms with Crippen LogP contribution in [0.25, 0.3) is 0 Å². The predicted molar refractivity (Wildman–Crippen MR) is 68.3 cm³/mol. The first-order valence-electron chi connectivity index (χ1n) is 5.89. The molecule has 3 N–H and O–H groups in total. The normalized spacial score (nSPS) is 13.7. The number of ether oxygens (including phenoxy) is 1. The van der Waals surface area contributed by atoms with Gasteiger partial charge in [-0.15, -0.1) is 0 Å². The highest BCUT2D eigenvalue weighted by Crippen LogP contribution is 2.22. The van der Waals surface area contributed by atoms with Crippen LogP contribution in [0.15, 0.2) is 30.1 Å². The van der Waals surface area contributed by atoms with E-state index < -0.39 is 6.09 Å². The number of carboxylic acid groups (broad SMARTS) is 1. The number of carbonyl (C=O) groups is 2. The quantitative estimate of drug-likeness (QED) is 0.761. The Morgan fingerprint density at radius 1 is 1.55 bits per heavy atom. The Bertz CT molecular complexity index is 571. The minimum absolute atomic E-state index is 0.0725. The van der Waals surface area contributed by atoms with Gasteiger partial charge < -0.3 is 20.5 Å². The van der Waals surface area contributed by atoms with Crippen molar-refractivity contribution in [3.05, 3.63) is 41.2 Å². The van der Waals surface area contributed by atoms with Crippen molar-refractivity contribution in [3.8, 4) is 5.75 Å². The maximum atomic E-state index is 12.6. The number of hydrogen-bond acceptors (Lipinski definition) is 3. The smallest absolute Gasteiger partial charge is 0.404 e. The van der Waals surface area contributed by atoms with Gasteiger partial charge in [-0.2, -0.15) is 0 Å². The number of nitrogens with one attached hydrogen (secondary N) is 2. The average molecular weight is 280 g/mol. The highest BCUT2D eigenvalue weighted by molar-refractivity contribution is 5.98. The number of rotatable bonds is 5. The fraction of sp³-hybridized carbons (Fsp3) is 0.231. The molecule has 0 saturated carbocycles. The number of benzene rings is 1. The number of fused-ring (bicyclic) bond motifs is 1. The third kappa shape index (κ3) is 3.25. The Balaban J connectivity index is 1.94. The van der Waals surface area contributed by atoms with Crippen LogP contribution in [0.5, 0.6) is 5.75 Å². The number of carbonyl (C=O) groups excluding carboxylic acids is 1. The fourth-order valence-electron chi connectivity index (χ4n) is 1.78. The van der Waals surface area contributed by atoms with Crippen molar-refractivity contribution in [2.75, 3.05) is 13.2 Å². The minimum Gasteiger partial charge on any atom is -0.489 e. The number of halogens is 1. The van der Waals surface area contributed by atoms with Gasteiger partial charge in [0.25, 0.3) is 5.91 Å². The molecule has 0 atom stereocenters. The summed E-state index contributed by atoms with van der Waals surface area (Å²) >= 11 is 0. The van der Waals surface area contributed by atoms with E-state index in [9.17, 15) is 14.0 Å². The molecule has 106 valence electrons. The summed E-state index contributed by atoms with van der Waals surface area (Å²) in [4.78, 5) is 21.7. The molecule has 20 heavy (non-hydrogen) atoms. The average Bonchev–Trinajstić information content (AvgIpc) is 2.80. The van der Waals surface area contributed by atoms with E-state index in [4.69, 9.17) is 9.84 Å². The lowest BCUT2D eigenvalue weighted by molar-refractivity contribution is 0.0965. The Morgan fingerprint density at radius 2 is 2.35 bits per heavy atom. The minimum atomic E-state index is -1.23. The highest BCUT2D eigenvalue weighted by atomic mass is 19.1. The SMILES string of the molecule is O=C(O)NCC(=CF)COc1ccc2c(c1)CNC2=O. The molecule has 1 heterocycles. The highest BCUT2D eigenvalue weighted by Gasteiger charge is 2.18. The van der Waals surface area contributed by atoms with E-state index in [-0.39, 0.29) is 24.6 Å². The molecular formula is C13H13FN2O4. The summed E-state index contributed by atoms with van der Waals surface area (Å²) in [5.74, 6) is 0.372. The summed E-state index contributed by atoms with van der Waals surface area (Å²) in [5, 5.41) is 13.2. The monoisotopic (exact) mass is 280 g/mol. The molecule has 1 aromatic rings. The summed E-state index contributed by atoms with van der Waals surface area (Å²) in [7, 11) is 0. The Hall–Kier alpha value is -2.57. The van der Waals surface area contributed by atoms with Crippen LogP contribution in [0.2, 0.25) is 0 Å². The Labute approximate surface area is 114 Å². The lowest BCUT2D eigenvalue weighted by Gasteiger charge is -2.09. The Kier molecular flexibility index (Phi) is 4.19. The number of hydrogen-bond donors (Lipinski definition) is 3. The van der Waals surface area contributed by atoms with Gasteiger partial charge in [0.2, 0.25) is 0 Å². The summed E-state index contributed by atoms with van der Waals surface area (Å²) in [6.07, 6.45) is -0.916. The second-order valence-corrected chi connectivity index (χ2v) is 4.22. The van der Waals surface area contributed by atoms with Gasteiger partial charge >= 0.3 is 6.09 Å². The maximum Gasteiger partial charge on any atom is 0.404 e. The molecular weight excluding hydrogens is 267 g/mol. The van der Waals surface area contributed by atoms with Crippen molar-refractivity contribution in [3.63, 3.8) is 0 Å². The van der Waals surface area contributed by atoms with E-state index in [2.05, 4.69) is 10.6 Å². The molecule has 0 aromatic heterocycles. The second-order valence-electron chi connectivity index (χ2n) is 4.22. The van der Waals surface area contributed by atoms with E-state index in [1.165, 1.54) is 0 Å². The molecule has 2 rings (SSSR count). The van der Waals surface area contributed by atoms with Gasteiger partial charge in [-0.1, -0.05) is 0 Å². The molecule has 0 saturated heterocycles. The molecule has 2 amide bonds. The molecule has 0 aliphatic carbocycles. The Morgan fingerprint density at radius 3 is 3.05 bits per heavy atom. The molecule has 6 nitrogen and oxygen atoms in total. The van der Waals surface area contributed by atoms with Gasteiger partial charge in [0.1, 0.15) is 12.4 Å². The van der Waals surface area contributed by atoms with Crippen molar-refractivity contribution >= 4 is 12.0 Å². The fourth-order valence-corrected chi connectivity index (χ4v) is 1.78. The van der Waals surface area contributed by atoms with E-state index in [0.717, 1.165) is 5.56 Å². The van der Waals surface area contributed by atoms with Crippen molar-refractivity contribution in [1.29, 1.82) is 0 Å². The molecule has 1 aliphatic rings. The van der Waals surface area contributed by atoms with Crippen molar-refractivity contribution in [2.24, 2.45) is 0 Å². The first kappa shape index (κ1) is 13.9. The zero-order valence-electron chi connectivity index (χ0n) is 10.5. The van der Waals surface area contributed by atoms with Gasteiger partial charge in [-0.3, -0.25) is 4.79 Å². The van der Waals surface area contributed by atoms with Gasteiger partial charge in [0.05, 0.1) is 6.33 Å². The van der Waals surface area contributed by atoms with Crippen LogP contribution in [0.1, 0.15) is 15.9 Å². The van der Waals surface area contributed by atoms with Crippen molar-refractivity contribution in [1.82, 2.24) is 10.6 Å². The lowest BCUT2D eigenvalue weighted by atomic mass is 10.1. The molecule has 1 aromatic carbocycles. The first-order chi connectivity index (χ1) is 9.60. The van der Waals surface area contributed by atoms with Gasteiger partial charge in [-0.05, 0) is 23.8 Å². The summed E-state index contributed by atoms with van der Waals surface area (Å²) < 4.78 is 17.9. The van der Waals surface area contributed by atoms with Crippen LogP contribution in [0, 0.1) is 0 Å². The van der Waals surface area contributed by atoms with E-state index in [0.29, 0.717) is 24.2 Å². The zero-order valence-corrected chi connectivity index (χ0v) is 10.5. The molecule has 0 unspecified atom stereocenters.